The number of hydrogen-bond acceptors (Lipinski definition) is 7. The van der Waals surface area contributed by atoms with Crippen molar-refractivity contribution < 1.29 is 29.0 Å². The van der Waals surface area contributed by atoms with Gasteiger partial charge in [-0.25, -0.2) is 0 Å². The Kier molecular flexibility index (Phi) is 6.38. The van der Waals surface area contributed by atoms with Crippen LogP contribution in [0.4, 0.5) is 0 Å². The second-order valence-electron chi connectivity index (χ2n) is 14.8. The minimum Gasteiger partial charge on any atom is -0.469 e. The van der Waals surface area contributed by atoms with Crippen LogP contribution < -0.4 is 0 Å². The highest BCUT2D eigenvalue weighted by Gasteiger charge is 2.81. The normalized spacial score (nSPS) is 49.2. The molecule has 0 bridgehead atoms. The number of carbonyl (C=O) groups excluding carboxylic acids is 3. The molecule has 1 N–H and O–H groups in total. The number of Topliss-reactive ketones (excluding diaryl/α,β-unsaturated/α-hetero) is 1. The number of aliphatic hydroxyl groups is 1. The number of ether oxygens (including phenoxy) is 2. The number of carbonyl (C=O) groups is 3. The monoisotopic (exact) mass is 539 g/mol. The van der Waals surface area contributed by atoms with Gasteiger partial charge >= 0.3 is 5.97 Å². The summed E-state index contributed by atoms with van der Waals surface area (Å²) < 4.78 is 11.4. The third kappa shape index (κ3) is 3.63. The number of esters is 1. The van der Waals surface area contributed by atoms with Crippen LogP contribution in [-0.2, 0) is 23.9 Å². The number of nitriles is 1. The number of rotatable bonds is 4. The predicted octanol–water partition coefficient (Wildman–Crippen LogP) is 4.95. The molecule has 1 saturated heterocycles. The van der Waals surface area contributed by atoms with Gasteiger partial charge in [0.15, 0.2) is 11.6 Å². The van der Waals surface area contributed by atoms with Gasteiger partial charge in [0.1, 0.15) is 12.2 Å². The number of fused-ring (bicyclic) bond motifs is 4. The first-order chi connectivity index (χ1) is 18.1. The maximum absolute atomic E-state index is 13.5. The standard InChI is InChI=1S/C32H45NO6/c1-19(35)14-23-29(5,10-9-22-27(2,3)24(36)32(17-33)25(39-32)30(22,23)6)20-8-11-31(26(37)38-7)13-12-28(4,18-34)16-21(31)15-20/h14,20-22,25,34H,8-13,15-16,18H2,1-7H3/b23-14+/t20?,21-,22+,25-,28-,29+,30+,31-,32+/m1/s1. The fraction of sp³-hybridized carbons (Fsp3) is 0.812. The van der Waals surface area contributed by atoms with Gasteiger partial charge < -0.3 is 14.6 Å². The smallest absolute Gasteiger partial charge is 0.312 e. The van der Waals surface area contributed by atoms with Crippen molar-refractivity contribution >= 4 is 17.5 Å². The van der Waals surface area contributed by atoms with Crippen LogP contribution in [0.3, 0.4) is 0 Å². The lowest BCUT2D eigenvalue weighted by atomic mass is 9.40. The summed E-state index contributed by atoms with van der Waals surface area (Å²) in [6.07, 6.45) is 7.52. The average Bonchev–Trinajstić information content (AvgIpc) is 3.66. The summed E-state index contributed by atoms with van der Waals surface area (Å²) in [7, 11) is 1.47. The molecule has 9 atom stereocenters. The Hall–Kier alpha value is -2.04. The summed E-state index contributed by atoms with van der Waals surface area (Å²) in [6, 6.07) is 2.22. The summed E-state index contributed by atoms with van der Waals surface area (Å²) in [5, 5.41) is 20.3. The molecule has 4 aliphatic carbocycles. The maximum Gasteiger partial charge on any atom is 0.312 e. The fourth-order valence-corrected chi connectivity index (χ4v) is 10.2. The summed E-state index contributed by atoms with van der Waals surface area (Å²) in [6.45, 7) is 12.0. The Balaban J connectivity index is 1.57. The van der Waals surface area contributed by atoms with Gasteiger partial charge in [-0.1, -0.05) is 40.2 Å². The van der Waals surface area contributed by atoms with E-state index in [4.69, 9.17) is 9.47 Å². The quantitative estimate of drug-likeness (QED) is 0.305. The van der Waals surface area contributed by atoms with Crippen molar-refractivity contribution in [3.8, 4) is 6.07 Å². The molecule has 1 unspecified atom stereocenters. The lowest BCUT2D eigenvalue weighted by Gasteiger charge is -2.61. The first kappa shape index (κ1) is 28.5. The molecule has 0 spiro atoms. The van der Waals surface area contributed by atoms with Gasteiger partial charge in [-0.15, -0.1) is 0 Å². The van der Waals surface area contributed by atoms with Crippen molar-refractivity contribution in [1.29, 1.82) is 5.26 Å². The van der Waals surface area contributed by atoms with Crippen molar-refractivity contribution in [1.82, 2.24) is 0 Å². The number of hydrogen-bond donors (Lipinski definition) is 1. The molecule has 5 rings (SSSR count). The highest BCUT2D eigenvalue weighted by atomic mass is 16.6. The van der Waals surface area contributed by atoms with Gasteiger partial charge in [0.2, 0.25) is 5.60 Å². The molecule has 1 aliphatic heterocycles. The maximum atomic E-state index is 13.5. The van der Waals surface area contributed by atoms with Gasteiger partial charge in [-0.2, -0.15) is 5.26 Å². The van der Waals surface area contributed by atoms with Crippen LogP contribution in [0.25, 0.3) is 0 Å². The van der Waals surface area contributed by atoms with E-state index >= 15 is 0 Å². The van der Waals surface area contributed by atoms with Crippen molar-refractivity contribution in [3.63, 3.8) is 0 Å². The van der Waals surface area contributed by atoms with E-state index in [1.165, 1.54) is 7.11 Å². The van der Waals surface area contributed by atoms with Crippen molar-refractivity contribution in [3.05, 3.63) is 11.6 Å². The van der Waals surface area contributed by atoms with Crippen LogP contribution in [-0.4, -0.2) is 48.1 Å². The lowest BCUT2D eigenvalue weighted by Crippen LogP contribution is -2.62. The Morgan fingerprint density at radius 1 is 1.10 bits per heavy atom. The molecule has 4 saturated carbocycles. The Morgan fingerprint density at radius 3 is 2.38 bits per heavy atom. The van der Waals surface area contributed by atoms with Crippen LogP contribution in [0.5, 0.6) is 0 Å². The fourth-order valence-electron chi connectivity index (χ4n) is 10.2. The van der Waals surface area contributed by atoms with Crippen LogP contribution >= 0.6 is 0 Å². The van der Waals surface area contributed by atoms with Gasteiger partial charge in [-0.3, -0.25) is 14.4 Å². The van der Waals surface area contributed by atoms with Gasteiger partial charge in [0, 0.05) is 17.4 Å². The molecule has 0 aromatic carbocycles. The highest BCUT2D eigenvalue weighted by Crippen LogP contribution is 2.73. The van der Waals surface area contributed by atoms with Crippen LogP contribution in [0.15, 0.2) is 11.6 Å². The van der Waals surface area contributed by atoms with E-state index in [2.05, 4.69) is 26.8 Å². The Labute approximate surface area is 232 Å². The molecule has 1 heterocycles. The van der Waals surface area contributed by atoms with E-state index in [0.717, 1.165) is 56.9 Å². The zero-order valence-electron chi connectivity index (χ0n) is 24.7. The Bertz CT molecular complexity index is 1180. The molecule has 0 amide bonds. The molecular formula is C32H45NO6. The van der Waals surface area contributed by atoms with E-state index in [1.807, 2.05) is 13.8 Å². The summed E-state index contributed by atoms with van der Waals surface area (Å²) in [5.74, 6) is -0.0711. The second kappa shape index (κ2) is 8.73. The predicted molar refractivity (Wildman–Crippen MR) is 144 cm³/mol. The van der Waals surface area contributed by atoms with E-state index in [-0.39, 0.29) is 52.7 Å². The van der Waals surface area contributed by atoms with E-state index in [1.54, 1.807) is 13.0 Å². The molecular weight excluding hydrogens is 494 g/mol. The summed E-state index contributed by atoms with van der Waals surface area (Å²) in [5.41, 5.74) is -2.93. The third-order valence-corrected chi connectivity index (χ3v) is 12.4. The molecule has 7 heteroatoms. The zero-order chi connectivity index (χ0) is 28.8. The lowest BCUT2D eigenvalue weighted by molar-refractivity contribution is -0.170. The van der Waals surface area contributed by atoms with E-state index in [9.17, 15) is 24.8 Å². The highest BCUT2D eigenvalue weighted by molar-refractivity contribution is 6.00. The molecule has 0 aromatic heterocycles. The zero-order valence-corrected chi connectivity index (χ0v) is 24.7. The topological polar surface area (TPSA) is 117 Å². The largest absolute Gasteiger partial charge is 0.469 e. The number of ketones is 2. The summed E-state index contributed by atoms with van der Waals surface area (Å²) >= 11 is 0. The first-order valence-corrected chi connectivity index (χ1v) is 14.7. The van der Waals surface area contributed by atoms with Crippen LogP contribution in [0.2, 0.25) is 0 Å². The number of aliphatic hydroxyl groups excluding tert-OH is 1. The van der Waals surface area contributed by atoms with Crippen LogP contribution in [0.1, 0.15) is 92.9 Å². The van der Waals surface area contributed by atoms with Crippen LogP contribution in [0, 0.1) is 56.2 Å². The molecule has 214 valence electrons. The minimum atomic E-state index is -1.44. The molecule has 0 aromatic rings. The first-order valence-electron chi connectivity index (χ1n) is 14.7. The van der Waals surface area contributed by atoms with Gasteiger partial charge in [0.05, 0.1) is 12.5 Å². The number of epoxide rings is 1. The molecule has 0 radical (unpaired) electrons. The van der Waals surface area contributed by atoms with Crippen molar-refractivity contribution in [2.24, 2.45) is 44.8 Å². The molecule has 5 fully saturated rings. The molecule has 39 heavy (non-hydrogen) atoms. The van der Waals surface area contributed by atoms with E-state index < -0.39 is 27.9 Å². The second-order valence-corrected chi connectivity index (χ2v) is 14.8. The Morgan fingerprint density at radius 2 is 1.79 bits per heavy atom. The SMILES string of the molecule is COC(=O)[C@@]12CCC([C@]3(C)CC[C@H]4C(C)(C)C(=O)[C@]5(C#N)O[C@@H]5[C@]4(C)/C3=C/C(C)=O)C[C@@H]1C[C@](C)(CO)CC2. The van der Waals surface area contributed by atoms with E-state index in [0.29, 0.717) is 0 Å². The van der Waals surface area contributed by atoms with Crippen molar-refractivity contribution in [2.45, 2.75) is 105 Å². The van der Waals surface area contributed by atoms with Gasteiger partial charge in [0.25, 0.3) is 0 Å². The number of nitrogens with zero attached hydrogens (tertiary/aromatic N) is 1. The molecule has 7 nitrogen and oxygen atoms in total. The number of methoxy groups -OCH3 is 1. The third-order valence-electron chi connectivity index (χ3n) is 12.4. The average molecular weight is 540 g/mol. The number of allylic oxidation sites excluding steroid dienone is 1. The molecule has 5 aliphatic rings. The summed E-state index contributed by atoms with van der Waals surface area (Å²) in [4.78, 5) is 39.5. The van der Waals surface area contributed by atoms with Crippen molar-refractivity contribution in [2.75, 3.05) is 13.7 Å². The van der Waals surface area contributed by atoms with Gasteiger partial charge in [-0.05, 0) is 93.0 Å². The minimum absolute atomic E-state index is 0.0405.